The van der Waals surface area contributed by atoms with Crippen molar-refractivity contribution < 1.29 is 14.3 Å². The third kappa shape index (κ3) is 5.77. The SMILES string of the molecule is CC(C)CC(NC(=O)COc1ccc(Cl)cc1C(N)=O)c1ccccc1. The molecule has 0 aliphatic carbocycles. The normalized spacial score (nSPS) is 11.8. The highest BCUT2D eigenvalue weighted by molar-refractivity contribution is 6.31. The van der Waals surface area contributed by atoms with Gasteiger partial charge in [-0.3, -0.25) is 9.59 Å². The molecule has 0 saturated carbocycles. The highest BCUT2D eigenvalue weighted by Crippen LogP contribution is 2.23. The maximum absolute atomic E-state index is 12.4. The molecule has 0 aromatic heterocycles. The standard InChI is InChI=1S/C20H23ClN2O3/c1-13(2)10-17(14-6-4-3-5-7-14)23-19(24)12-26-18-9-8-15(21)11-16(18)20(22)25/h3-9,11,13,17H,10,12H2,1-2H3,(H2,22,25)(H,23,24). The van der Waals surface area contributed by atoms with E-state index in [1.54, 1.807) is 6.07 Å². The van der Waals surface area contributed by atoms with Gasteiger partial charge in [-0.05, 0) is 36.1 Å². The summed E-state index contributed by atoms with van der Waals surface area (Å²) in [7, 11) is 0. The first-order chi connectivity index (χ1) is 12.4. The molecule has 138 valence electrons. The average molecular weight is 375 g/mol. The van der Waals surface area contributed by atoms with Crippen LogP contribution in [0.25, 0.3) is 0 Å². The van der Waals surface area contributed by atoms with Gasteiger partial charge in [0.1, 0.15) is 5.75 Å². The van der Waals surface area contributed by atoms with Gasteiger partial charge in [-0.15, -0.1) is 0 Å². The lowest BCUT2D eigenvalue weighted by Gasteiger charge is -2.21. The van der Waals surface area contributed by atoms with E-state index in [1.165, 1.54) is 12.1 Å². The van der Waals surface area contributed by atoms with Crippen LogP contribution in [0.2, 0.25) is 5.02 Å². The van der Waals surface area contributed by atoms with E-state index in [9.17, 15) is 9.59 Å². The predicted molar refractivity (Wildman–Crippen MR) is 102 cm³/mol. The van der Waals surface area contributed by atoms with Crippen molar-refractivity contribution in [3.63, 3.8) is 0 Å². The van der Waals surface area contributed by atoms with Crippen LogP contribution in [0.4, 0.5) is 0 Å². The summed E-state index contributed by atoms with van der Waals surface area (Å²) in [6.07, 6.45) is 0.809. The van der Waals surface area contributed by atoms with Crippen molar-refractivity contribution >= 4 is 23.4 Å². The van der Waals surface area contributed by atoms with E-state index >= 15 is 0 Å². The molecule has 5 nitrogen and oxygen atoms in total. The third-order valence-electron chi connectivity index (χ3n) is 3.81. The first kappa shape index (κ1) is 19.8. The van der Waals surface area contributed by atoms with Crippen molar-refractivity contribution in [2.24, 2.45) is 11.7 Å². The van der Waals surface area contributed by atoms with Gasteiger partial charge in [-0.25, -0.2) is 0 Å². The second-order valence-corrected chi connectivity index (χ2v) is 6.89. The molecule has 0 radical (unpaired) electrons. The summed E-state index contributed by atoms with van der Waals surface area (Å²) in [6, 6.07) is 14.2. The average Bonchev–Trinajstić information content (AvgIpc) is 2.60. The van der Waals surface area contributed by atoms with Crippen LogP contribution in [0, 0.1) is 5.92 Å². The number of hydrogen-bond acceptors (Lipinski definition) is 3. The van der Waals surface area contributed by atoms with Crippen LogP contribution in [0.3, 0.4) is 0 Å². The molecule has 0 fully saturated rings. The topological polar surface area (TPSA) is 81.4 Å². The Labute approximate surface area is 158 Å². The number of ether oxygens (including phenoxy) is 1. The smallest absolute Gasteiger partial charge is 0.258 e. The predicted octanol–water partition coefficient (Wildman–Crippen LogP) is 3.72. The lowest BCUT2D eigenvalue weighted by atomic mass is 9.97. The minimum absolute atomic E-state index is 0.104. The van der Waals surface area contributed by atoms with Crippen molar-refractivity contribution in [2.75, 3.05) is 6.61 Å². The van der Waals surface area contributed by atoms with Gasteiger partial charge >= 0.3 is 0 Å². The van der Waals surface area contributed by atoms with Gasteiger partial charge in [0, 0.05) is 5.02 Å². The number of amides is 2. The third-order valence-corrected chi connectivity index (χ3v) is 4.05. The quantitative estimate of drug-likeness (QED) is 0.738. The summed E-state index contributed by atoms with van der Waals surface area (Å²) in [4.78, 5) is 23.8. The van der Waals surface area contributed by atoms with E-state index in [0.717, 1.165) is 12.0 Å². The van der Waals surface area contributed by atoms with E-state index in [2.05, 4.69) is 19.2 Å². The molecular weight excluding hydrogens is 352 g/mol. The molecule has 26 heavy (non-hydrogen) atoms. The van der Waals surface area contributed by atoms with Crippen LogP contribution in [0.5, 0.6) is 5.75 Å². The van der Waals surface area contributed by atoms with Crippen LogP contribution >= 0.6 is 11.6 Å². The molecule has 2 rings (SSSR count). The van der Waals surface area contributed by atoms with Crippen LogP contribution in [-0.2, 0) is 4.79 Å². The Hall–Kier alpha value is -2.53. The fourth-order valence-corrected chi connectivity index (χ4v) is 2.81. The van der Waals surface area contributed by atoms with Gasteiger partial charge in [0.15, 0.2) is 6.61 Å². The summed E-state index contributed by atoms with van der Waals surface area (Å²) < 4.78 is 5.49. The highest BCUT2D eigenvalue weighted by Gasteiger charge is 2.17. The Morgan fingerprint density at radius 2 is 1.85 bits per heavy atom. The zero-order valence-corrected chi connectivity index (χ0v) is 15.6. The number of nitrogens with two attached hydrogens (primary N) is 1. The molecule has 2 aromatic carbocycles. The summed E-state index contributed by atoms with van der Waals surface area (Å²) in [6.45, 7) is 3.99. The van der Waals surface area contributed by atoms with Crippen LogP contribution < -0.4 is 15.8 Å². The van der Waals surface area contributed by atoms with Gasteiger partial charge in [-0.2, -0.15) is 0 Å². The summed E-state index contributed by atoms with van der Waals surface area (Å²) in [5, 5.41) is 3.36. The monoisotopic (exact) mass is 374 g/mol. The first-order valence-electron chi connectivity index (χ1n) is 8.43. The molecule has 0 saturated heterocycles. The van der Waals surface area contributed by atoms with Crippen LogP contribution in [0.15, 0.2) is 48.5 Å². The van der Waals surface area contributed by atoms with Gasteiger partial charge < -0.3 is 15.8 Å². The zero-order chi connectivity index (χ0) is 19.1. The minimum atomic E-state index is -0.662. The molecule has 1 atom stereocenters. The molecule has 3 N–H and O–H groups in total. The van der Waals surface area contributed by atoms with Gasteiger partial charge in [0.05, 0.1) is 11.6 Å². The summed E-state index contributed by atoms with van der Waals surface area (Å²) in [5.41, 5.74) is 6.51. The molecule has 0 bridgehead atoms. The van der Waals surface area contributed by atoms with Crippen molar-refractivity contribution in [2.45, 2.75) is 26.3 Å². The number of primary amides is 1. The molecule has 0 spiro atoms. The van der Waals surface area contributed by atoms with E-state index in [1.807, 2.05) is 30.3 Å². The number of halogens is 1. The highest BCUT2D eigenvalue weighted by atomic mass is 35.5. The Bertz CT molecular complexity index is 763. The first-order valence-corrected chi connectivity index (χ1v) is 8.81. The fraction of sp³-hybridized carbons (Fsp3) is 0.300. The number of carbonyl (C=O) groups excluding carboxylic acids is 2. The minimum Gasteiger partial charge on any atom is -0.483 e. The van der Waals surface area contributed by atoms with Gasteiger partial charge in [0.2, 0.25) is 0 Å². The Morgan fingerprint density at radius 3 is 2.46 bits per heavy atom. The maximum atomic E-state index is 12.4. The van der Waals surface area contributed by atoms with Gasteiger partial charge in [-0.1, -0.05) is 55.8 Å². The molecule has 0 aliphatic heterocycles. The number of nitrogens with one attached hydrogen (secondary N) is 1. The van der Waals surface area contributed by atoms with E-state index in [0.29, 0.717) is 10.9 Å². The lowest BCUT2D eigenvalue weighted by molar-refractivity contribution is -0.124. The summed E-state index contributed by atoms with van der Waals surface area (Å²) in [5.74, 6) is -0.286. The van der Waals surface area contributed by atoms with Crippen LogP contribution in [-0.4, -0.2) is 18.4 Å². The molecule has 0 aliphatic rings. The van der Waals surface area contributed by atoms with Crippen molar-refractivity contribution in [3.8, 4) is 5.75 Å². The molecular formula is C20H23ClN2O3. The molecule has 6 heteroatoms. The molecule has 2 aromatic rings. The Balaban J connectivity index is 2.04. The lowest BCUT2D eigenvalue weighted by Crippen LogP contribution is -2.33. The number of carbonyl (C=O) groups is 2. The molecule has 0 heterocycles. The van der Waals surface area contributed by atoms with Crippen molar-refractivity contribution in [1.29, 1.82) is 0 Å². The maximum Gasteiger partial charge on any atom is 0.258 e. The van der Waals surface area contributed by atoms with E-state index in [-0.39, 0.29) is 29.9 Å². The van der Waals surface area contributed by atoms with E-state index < -0.39 is 5.91 Å². The Kier molecular flexibility index (Phi) is 7.04. The second kappa shape index (κ2) is 9.25. The number of benzene rings is 2. The summed E-state index contributed by atoms with van der Waals surface area (Å²) >= 11 is 5.87. The van der Waals surface area contributed by atoms with Gasteiger partial charge in [0.25, 0.3) is 11.8 Å². The molecule has 1 unspecified atom stereocenters. The fourth-order valence-electron chi connectivity index (χ4n) is 2.64. The van der Waals surface area contributed by atoms with E-state index in [4.69, 9.17) is 22.1 Å². The molecule has 2 amide bonds. The Morgan fingerprint density at radius 1 is 1.15 bits per heavy atom. The number of rotatable bonds is 8. The number of hydrogen-bond donors (Lipinski definition) is 2. The largest absolute Gasteiger partial charge is 0.483 e. The van der Waals surface area contributed by atoms with Crippen molar-refractivity contribution in [1.82, 2.24) is 5.32 Å². The zero-order valence-electron chi connectivity index (χ0n) is 14.9. The van der Waals surface area contributed by atoms with Crippen molar-refractivity contribution in [3.05, 3.63) is 64.7 Å². The van der Waals surface area contributed by atoms with Crippen LogP contribution in [0.1, 0.15) is 42.2 Å². The second-order valence-electron chi connectivity index (χ2n) is 6.45.